The standard InChI is InChI=1S/C18H29N5/c1-13(2)16-12-17(23-18(20-16)11-14(3)21-23)19-8-10-22-9-6-5-7-15(22)4/h11-13,15,19H,5-10H2,1-4H3. The molecule has 1 aliphatic rings. The van der Waals surface area contributed by atoms with E-state index in [2.05, 4.69) is 42.2 Å². The van der Waals surface area contributed by atoms with Crippen LogP contribution in [0.3, 0.4) is 0 Å². The summed E-state index contributed by atoms with van der Waals surface area (Å²) in [6.07, 6.45) is 4.04. The Kier molecular flexibility index (Phi) is 4.85. The van der Waals surface area contributed by atoms with E-state index >= 15 is 0 Å². The molecule has 0 bridgehead atoms. The molecule has 0 radical (unpaired) electrons. The van der Waals surface area contributed by atoms with Crippen molar-refractivity contribution in [3.63, 3.8) is 0 Å². The summed E-state index contributed by atoms with van der Waals surface area (Å²) >= 11 is 0. The van der Waals surface area contributed by atoms with Crippen molar-refractivity contribution in [3.05, 3.63) is 23.5 Å². The van der Waals surface area contributed by atoms with Crippen LogP contribution in [-0.2, 0) is 0 Å². The fraction of sp³-hybridized carbons (Fsp3) is 0.667. The van der Waals surface area contributed by atoms with Crippen LogP contribution in [-0.4, -0.2) is 45.2 Å². The molecule has 1 N–H and O–H groups in total. The Morgan fingerprint density at radius 3 is 2.87 bits per heavy atom. The van der Waals surface area contributed by atoms with E-state index in [1.54, 1.807) is 0 Å². The summed E-state index contributed by atoms with van der Waals surface area (Å²) in [4.78, 5) is 7.31. The molecular formula is C18H29N5. The maximum absolute atomic E-state index is 4.72. The van der Waals surface area contributed by atoms with Gasteiger partial charge in [-0.25, -0.2) is 4.98 Å². The highest BCUT2D eigenvalue weighted by atomic mass is 15.3. The van der Waals surface area contributed by atoms with Crippen LogP contribution in [0.2, 0.25) is 0 Å². The number of nitrogens with zero attached hydrogens (tertiary/aromatic N) is 4. The van der Waals surface area contributed by atoms with Crippen LogP contribution < -0.4 is 5.32 Å². The molecule has 0 aliphatic carbocycles. The van der Waals surface area contributed by atoms with E-state index in [1.165, 1.54) is 25.8 Å². The van der Waals surface area contributed by atoms with Gasteiger partial charge >= 0.3 is 0 Å². The van der Waals surface area contributed by atoms with Gasteiger partial charge in [-0.2, -0.15) is 9.61 Å². The van der Waals surface area contributed by atoms with Gasteiger partial charge in [-0.1, -0.05) is 20.3 Å². The van der Waals surface area contributed by atoms with Crippen molar-refractivity contribution >= 4 is 11.5 Å². The summed E-state index contributed by atoms with van der Waals surface area (Å²) < 4.78 is 1.93. The molecule has 5 nitrogen and oxygen atoms in total. The first-order valence-corrected chi connectivity index (χ1v) is 8.90. The second-order valence-corrected chi connectivity index (χ2v) is 7.08. The fourth-order valence-corrected chi connectivity index (χ4v) is 3.35. The van der Waals surface area contributed by atoms with Crippen molar-refractivity contribution in [2.75, 3.05) is 25.0 Å². The van der Waals surface area contributed by atoms with E-state index in [0.29, 0.717) is 12.0 Å². The third kappa shape index (κ3) is 3.66. The van der Waals surface area contributed by atoms with Gasteiger partial charge in [-0.15, -0.1) is 0 Å². The number of piperidine rings is 1. The van der Waals surface area contributed by atoms with Crippen molar-refractivity contribution in [2.45, 2.75) is 58.9 Å². The molecule has 126 valence electrons. The Hall–Kier alpha value is -1.62. The van der Waals surface area contributed by atoms with Crippen LogP contribution in [0, 0.1) is 6.92 Å². The Balaban J connectivity index is 1.73. The lowest BCUT2D eigenvalue weighted by Gasteiger charge is -2.33. The molecule has 0 saturated carbocycles. The number of anilines is 1. The van der Waals surface area contributed by atoms with Crippen molar-refractivity contribution in [1.29, 1.82) is 0 Å². The highest BCUT2D eigenvalue weighted by Gasteiger charge is 2.17. The zero-order valence-electron chi connectivity index (χ0n) is 14.8. The first kappa shape index (κ1) is 16.2. The van der Waals surface area contributed by atoms with E-state index < -0.39 is 0 Å². The van der Waals surface area contributed by atoms with Crippen LogP contribution in [0.5, 0.6) is 0 Å². The van der Waals surface area contributed by atoms with Crippen LogP contribution in [0.25, 0.3) is 5.65 Å². The topological polar surface area (TPSA) is 45.5 Å². The quantitative estimate of drug-likeness (QED) is 0.918. The Labute approximate surface area is 139 Å². The van der Waals surface area contributed by atoms with Gasteiger partial charge in [0.15, 0.2) is 5.65 Å². The van der Waals surface area contributed by atoms with Crippen molar-refractivity contribution < 1.29 is 0 Å². The maximum Gasteiger partial charge on any atom is 0.157 e. The van der Waals surface area contributed by atoms with Crippen molar-refractivity contribution in [1.82, 2.24) is 19.5 Å². The molecule has 0 spiro atoms. The average Bonchev–Trinajstić information content (AvgIpc) is 2.89. The molecule has 1 saturated heterocycles. The number of aromatic nitrogens is 3. The van der Waals surface area contributed by atoms with Gasteiger partial charge in [0, 0.05) is 37.0 Å². The SMILES string of the molecule is Cc1cc2nc(C(C)C)cc(NCCN3CCCCC3C)n2n1. The smallest absolute Gasteiger partial charge is 0.157 e. The lowest BCUT2D eigenvalue weighted by atomic mass is 10.0. The van der Waals surface area contributed by atoms with Gasteiger partial charge in [-0.3, -0.25) is 4.90 Å². The summed E-state index contributed by atoms with van der Waals surface area (Å²) in [5, 5.41) is 8.15. The predicted molar refractivity (Wildman–Crippen MR) is 95.2 cm³/mol. The zero-order valence-corrected chi connectivity index (χ0v) is 14.8. The molecule has 1 atom stereocenters. The summed E-state index contributed by atoms with van der Waals surface area (Å²) in [5.41, 5.74) is 3.06. The highest BCUT2D eigenvalue weighted by Crippen LogP contribution is 2.20. The summed E-state index contributed by atoms with van der Waals surface area (Å²) in [6.45, 7) is 12.0. The van der Waals surface area contributed by atoms with E-state index in [4.69, 9.17) is 4.98 Å². The number of likely N-dealkylation sites (tertiary alicyclic amines) is 1. The number of aryl methyl sites for hydroxylation is 1. The molecular weight excluding hydrogens is 286 g/mol. The Bertz CT molecular complexity index is 661. The number of rotatable bonds is 5. The third-order valence-electron chi connectivity index (χ3n) is 4.81. The Morgan fingerprint density at radius 1 is 1.30 bits per heavy atom. The zero-order chi connectivity index (χ0) is 16.4. The minimum absolute atomic E-state index is 0.415. The van der Waals surface area contributed by atoms with Gasteiger partial charge in [0.25, 0.3) is 0 Å². The Morgan fingerprint density at radius 2 is 2.13 bits per heavy atom. The summed E-state index contributed by atoms with van der Waals surface area (Å²) in [5.74, 6) is 1.47. The lowest BCUT2D eigenvalue weighted by Crippen LogP contribution is -2.40. The molecule has 3 heterocycles. The third-order valence-corrected chi connectivity index (χ3v) is 4.81. The van der Waals surface area contributed by atoms with Gasteiger partial charge in [0.1, 0.15) is 5.82 Å². The van der Waals surface area contributed by atoms with Gasteiger partial charge in [0.2, 0.25) is 0 Å². The van der Waals surface area contributed by atoms with Crippen LogP contribution >= 0.6 is 0 Å². The number of fused-ring (bicyclic) bond motifs is 1. The van der Waals surface area contributed by atoms with E-state index in [1.807, 2.05) is 17.5 Å². The largest absolute Gasteiger partial charge is 0.369 e. The minimum Gasteiger partial charge on any atom is -0.369 e. The minimum atomic E-state index is 0.415. The van der Waals surface area contributed by atoms with E-state index in [0.717, 1.165) is 35.9 Å². The van der Waals surface area contributed by atoms with Crippen LogP contribution in [0.4, 0.5) is 5.82 Å². The van der Waals surface area contributed by atoms with Gasteiger partial charge in [0.05, 0.1) is 5.69 Å². The van der Waals surface area contributed by atoms with Crippen molar-refractivity contribution in [2.24, 2.45) is 0 Å². The molecule has 2 aromatic heterocycles. The monoisotopic (exact) mass is 315 g/mol. The highest BCUT2D eigenvalue weighted by molar-refractivity contribution is 5.50. The molecule has 1 aliphatic heterocycles. The molecule has 1 unspecified atom stereocenters. The van der Waals surface area contributed by atoms with E-state index in [9.17, 15) is 0 Å². The molecule has 23 heavy (non-hydrogen) atoms. The first-order valence-electron chi connectivity index (χ1n) is 8.90. The molecule has 5 heteroatoms. The number of hydrogen-bond donors (Lipinski definition) is 1. The van der Waals surface area contributed by atoms with Crippen LogP contribution in [0.1, 0.15) is 57.3 Å². The fourth-order valence-electron chi connectivity index (χ4n) is 3.35. The number of nitrogens with one attached hydrogen (secondary N) is 1. The first-order chi connectivity index (χ1) is 11.0. The van der Waals surface area contributed by atoms with Crippen LogP contribution in [0.15, 0.2) is 12.1 Å². The second-order valence-electron chi connectivity index (χ2n) is 7.08. The average molecular weight is 315 g/mol. The van der Waals surface area contributed by atoms with Gasteiger partial charge < -0.3 is 5.32 Å². The summed E-state index contributed by atoms with van der Waals surface area (Å²) in [7, 11) is 0. The van der Waals surface area contributed by atoms with E-state index in [-0.39, 0.29) is 0 Å². The maximum atomic E-state index is 4.72. The molecule has 0 amide bonds. The van der Waals surface area contributed by atoms with Crippen molar-refractivity contribution in [3.8, 4) is 0 Å². The molecule has 1 fully saturated rings. The van der Waals surface area contributed by atoms with Gasteiger partial charge in [-0.05, 0) is 39.2 Å². The number of hydrogen-bond acceptors (Lipinski definition) is 4. The lowest BCUT2D eigenvalue weighted by molar-refractivity contribution is 0.167. The normalized spacial score (nSPS) is 19.6. The summed E-state index contributed by atoms with van der Waals surface area (Å²) in [6, 6.07) is 4.90. The molecule has 2 aromatic rings. The second kappa shape index (κ2) is 6.87. The molecule has 0 aromatic carbocycles. The predicted octanol–water partition coefficient (Wildman–Crippen LogP) is 3.45. The molecule has 3 rings (SSSR count).